The number of nitrogens with zero attached hydrogens (tertiary/aromatic N) is 1. The van der Waals surface area contributed by atoms with Crippen LogP contribution in [0.15, 0.2) is 59.7 Å². The summed E-state index contributed by atoms with van der Waals surface area (Å²) in [6.07, 6.45) is 1.04. The number of amides is 3. The highest BCUT2D eigenvalue weighted by Gasteiger charge is 2.31. The van der Waals surface area contributed by atoms with Crippen molar-refractivity contribution in [3.63, 3.8) is 0 Å². The lowest BCUT2D eigenvalue weighted by molar-refractivity contribution is -0.142. The number of hydrogen-bond acceptors (Lipinski definition) is 8. The van der Waals surface area contributed by atoms with Gasteiger partial charge in [-0.25, -0.2) is 4.79 Å². The van der Waals surface area contributed by atoms with Crippen LogP contribution in [-0.4, -0.2) is 86.6 Å². The van der Waals surface area contributed by atoms with Gasteiger partial charge in [0.2, 0.25) is 17.7 Å². The molecule has 4 atom stereocenters. The number of carboxylic acid groups (broad SMARTS) is 2. The van der Waals surface area contributed by atoms with Crippen LogP contribution in [0.1, 0.15) is 36.8 Å². The lowest BCUT2D eigenvalue weighted by Crippen LogP contribution is -2.57. The zero-order valence-corrected chi connectivity index (χ0v) is 25.5. The highest BCUT2D eigenvalue weighted by atomic mass is 16.4. The summed E-state index contributed by atoms with van der Waals surface area (Å²) in [7, 11) is 0. The zero-order chi connectivity index (χ0) is 34.5. The highest BCUT2D eigenvalue weighted by Crippen LogP contribution is 2.19. The van der Waals surface area contributed by atoms with Crippen LogP contribution in [-0.2, 0) is 36.8 Å². The van der Waals surface area contributed by atoms with Gasteiger partial charge >= 0.3 is 11.9 Å². The SMILES string of the molecule is NC(N)=NCCCC(NC(=O)C(CCC(=O)O)NC(=O)C(N)Cc1ccc(O)cc1)C(=O)NC(Cc1c[nH]c2ccccc12)C(=O)O. The number of nitrogens with two attached hydrogens (primary N) is 3. The molecule has 0 aliphatic heterocycles. The number of aliphatic imine (C=N–C) groups is 1. The van der Waals surface area contributed by atoms with E-state index in [0.29, 0.717) is 11.1 Å². The second-order valence-corrected chi connectivity index (χ2v) is 10.9. The van der Waals surface area contributed by atoms with Crippen molar-refractivity contribution in [2.24, 2.45) is 22.2 Å². The van der Waals surface area contributed by atoms with E-state index in [-0.39, 0.29) is 50.4 Å². The van der Waals surface area contributed by atoms with Crippen molar-refractivity contribution in [2.75, 3.05) is 6.54 Å². The maximum absolute atomic E-state index is 13.5. The van der Waals surface area contributed by atoms with Crippen LogP contribution >= 0.6 is 0 Å². The molecule has 16 nitrogen and oxygen atoms in total. The summed E-state index contributed by atoms with van der Waals surface area (Å²) in [5.41, 5.74) is 18.9. The minimum Gasteiger partial charge on any atom is -0.508 e. The minimum atomic E-state index is -1.39. The topological polar surface area (TPSA) is 288 Å². The van der Waals surface area contributed by atoms with E-state index in [1.54, 1.807) is 24.4 Å². The monoisotopic (exact) mass is 652 g/mol. The van der Waals surface area contributed by atoms with E-state index in [4.69, 9.17) is 17.2 Å². The van der Waals surface area contributed by atoms with E-state index in [9.17, 15) is 39.3 Å². The van der Waals surface area contributed by atoms with E-state index >= 15 is 0 Å². The number of carbonyl (C=O) groups excluding carboxylic acids is 3. The molecule has 0 saturated heterocycles. The third-order valence-electron chi connectivity index (χ3n) is 7.30. The molecule has 0 aliphatic carbocycles. The van der Waals surface area contributed by atoms with Crippen LogP contribution < -0.4 is 33.2 Å². The van der Waals surface area contributed by atoms with Gasteiger partial charge in [0, 0.05) is 36.5 Å². The normalized spacial score (nSPS) is 13.5. The van der Waals surface area contributed by atoms with Crippen molar-refractivity contribution >= 4 is 46.5 Å². The van der Waals surface area contributed by atoms with E-state index in [0.717, 1.165) is 10.9 Å². The second-order valence-electron chi connectivity index (χ2n) is 10.9. The van der Waals surface area contributed by atoms with Crippen LogP contribution in [0.2, 0.25) is 0 Å². The molecule has 13 N–H and O–H groups in total. The van der Waals surface area contributed by atoms with E-state index < -0.39 is 60.2 Å². The number of para-hydroxylation sites is 1. The summed E-state index contributed by atoms with van der Waals surface area (Å²) in [6, 6.07) is 8.10. The Labute approximate surface area is 269 Å². The molecule has 2 aromatic carbocycles. The summed E-state index contributed by atoms with van der Waals surface area (Å²) in [5.74, 6) is -5.12. The molecular formula is C31H40N8O8. The Morgan fingerprint density at radius 1 is 0.809 bits per heavy atom. The molecule has 3 rings (SSSR count). The molecule has 3 amide bonds. The number of guanidine groups is 1. The van der Waals surface area contributed by atoms with Gasteiger partial charge in [-0.1, -0.05) is 30.3 Å². The molecule has 1 heterocycles. The van der Waals surface area contributed by atoms with E-state index in [2.05, 4.69) is 25.9 Å². The Hall–Kier alpha value is -5.64. The maximum Gasteiger partial charge on any atom is 0.326 e. The van der Waals surface area contributed by atoms with Crippen LogP contribution in [0.5, 0.6) is 5.75 Å². The van der Waals surface area contributed by atoms with Gasteiger partial charge in [0.1, 0.15) is 23.9 Å². The van der Waals surface area contributed by atoms with Crippen molar-refractivity contribution in [2.45, 2.75) is 62.7 Å². The first-order chi connectivity index (χ1) is 22.3. The molecule has 0 spiro atoms. The van der Waals surface area contributed by atoms with Crippen LogP contribution in [0, 0.1) is 0 Å². The number of carboxylic acids is 2. The number of rotatable bonds is 18. The predicted molar refractivity (Wildman–Crippen MR) is 172 cm³/mol. The van der Waals surface area contributed by atoms with Crippen molar-refractivity contribution in [1.29, 1.82) is 0 Å². The lowest BCUT2D eigenvalue weighted by Gasteiger charge is -2.25. The smallest absolute Gasteiger partial charge is 0.326 e. The average Bonchev–Trinajstić information content (AvgIpc) is 3.43. The van der Waals surface area contributed by atoms with Crippen molar-refractivity contribution < 1.29 is 39.3 Å². The minimum absolute atomic E-state index is 0.0201. The van der Waals surface area contributed by atoms with E-state index in [1.165, 1.54) is 12.1 Å². The van der Waals surface area contributed by atoms with Gasteiger partial charge in [0.15, 0.2) is 5.96 Å². The zero-order valence-electron chi connectivity index (χ0n) is 25.5. The average molecular weight is 653 g/mol. The Morgan fingerprint density at radius 3 is 2.06 bits per heavy atom. The summed E-state index contributed by atoms with van der Waals surface area (Å²) < 4.78 is 0. The van der Waals surface area contributed by atoms with Crippen molar-refractivity contribution in [1.82, 2.24) is 20.9 Å². The van der Waals surface area contributed by atoms with Gasteiger partial charge in [-0.05, 0) is 55.0 Å². The molecule has 0 aliphatic rings. The molecule has 0 saturated carbocycles. The Balaban J connectivity index is 1.76. The number of aromatic hydroxyl groups is 1. The Bertz CT molecular complexity index is 1590. The van der Waals surface area contributed by atoms with Crippen molar-refractivity contribution in [3.8, 4) is 5.75 Å². The van der Waals surface area contributed by atoms with Gasteiger partial charge in [0.25, 0.3) is 0 Å². The van der Waals surface area contributed by atoms with Crippen LogP contribution in [0.25, 0.3) is 10.9 Å². The fraction of sp³-hybridized carbons (Fsp3) is 0.355. The molecule has 4 unspecified atom stereocenters. The summed E-state index contributed by atoms with van der Waals surface area (Å²) in [4.78, 5) is 70.3. The lowest BCUT2D eigenvalue weighted by atomic mass is 10.0. The van der Waals surface area contributed by atoms with Gasteiger partial charge in [-0.2, -0.15) is 0 Å². The third-order valence-corrected chi connectivity index (χ3v) is 7.30. The number of fused-ring (bicyclic) bond motifs is 1. The maximum atomic E-state index is 13.5. The molecule has 0 bridgehead atoms. The van der Waals surface area contributed by atoms with Gasteiger partial charge in [0.05, 0.1) is 6.04 Å². The van der Waals surface area contributed by atoms with Gasteiger partial charge in [-0.15, -0.1) is 0 Å². The molecule has 47 heavy (non-hydrogen) atoms. The number of benzene rings is 2. The number of nitrogens with one attached hydrogen (secondary N) is 4. The van der Waals surface area contributed by atoms with Gasteiger partial charge in [-0.3, -0.25) is 24.2 Å². The van der Waals surface area contributed by atoms with Crippen molar-refractivity contribution in [3.05, 3.63) is 65.9 Å². The molecular weight excluding hydrogens is 612 g/mol. The Morgan fingerprint density at radius 2 is 1.43 bits per heavy atom. The summed E-state index contributed by atoms with van der Waals surface area (Å²) in [6.45, 7) is 0.102. The number of carbonyl (C=O) groups is 5. The first-order valence-electron chi connectivity index (χ1n) is 14.8. The molecule has 1 aromatic heterocycles. The molecule has 0 radical (unpaired) electrons. The van der Waals surface area contributed by atoms with Gasteiger partial charge < -0.3 is 53.5 Å². The number of phenols is 1. The van der Waals surface area contributed by atoms with Crippen LogP contribution in [0.3, 0.4) is 0 Å². The first-order valence-corrected chi connectivity index (χ1v) is 14.8. The summed E-state index contributed by atoms with van der Waals surface area (Å²) in [5, 5.41) is 36.9. The number of phenolic OH excluding ortho intramolecular Hbond substituents is 1. The fourth-order valence-electron chi connectivity index (χ4n) is 4.83. The molecule has 3 aromatic rings. The number of aromatic nitrogens is 1. The van der Waals surface area contributed by atoms with E-state index in [1.807, 2.05) is 18.2 Å². The number of H-pyrrole nitrogens is 1. The number of aliphatic carboxylic acids is 2. The molecule has 0 fully saturated rings. The summed E-state index contributed by atoms with van der Waals surface area (Å²) >= 11 is 0. The fourth-order valence-corrected chi connectivity index (χ4v) is 4.83. The second kappa shape index (κ2) is 17.2. The first kappa shape index (κ1) is 35.8. The number of hydrogen-bond donors (Lipinski definition) is 10. The Kier molecular flexibility index (Phi) is 13.1. The largest absolute Gasteiger partial charge is 0.508 e. The standard InChI is InChI=1S/C31H40N8O8/c32-21(14-17-7-9-19(40)10-8-17)27(43)37-24(11-12-26(41)42)29(45)38-23(6-3-13-35-31(33)34)28(44)39-25(30(46)47)15-18-16-36-22-5-2-1-4-20(18)22/h1-2,4-5,7-10,16,21,23-25,36,40H,3,6,11-15,32H2,(H,37,43)(H,38,45)(H,39,44)(H,41,42)(H,46,47)(H4,33,34,35). The number of aromatic amines is 1. The quantitative estimate of drug-likeness (QED) is 0.0472. The predicted octanol–water partition coefficient (Wildman–Crippen LogP) is -0.557. The highest BCUT2D eigenvalue weighted by molar-refractivity contribution is 5.94. The third kappa shape index (κ3) is 11.3. The molecule has 252 valence electrons. The molecule has 16 heteroatoms. The van der Waals surface area contributed by atoms with Crippen LogP contribution in [0.4, 0.5) is 0 Å².